The third-order valence-electron chi connectivity index (χ3n) is 4.83. The van der Waals surface area contributed by atoms with Crippen molar-refractivity contribution in [1.82, 2.24) is 0 Å². The molecule has 4 rings (SSSR count). The van der Waals surface area contributed by atoms with Gasteiger partial charge in [0.05, 0.1) is 24.3 Å². The van der Waals surface area contributed by atoms with E-state index < -0.39 is 18.0 Å². The molecule has 0 saturated carbocycles. The first-order valence-corrected chi connectivity index (χ1v) is 9.43. The number of fused-ring (bicyclic) bond motifs is 3. The SMILES string of the molecule is C[C@@H](OC(=O)Cc1coc2ccc3ccccc3c12)C(=O)Nc1ccc(C#N)cc1. The molecule has 30 heavy (non-hydrogen) atoms. The van der Waals surface area contributed by atoms with E-state index >= 15 is 0 Å². The highest BCUT2D eigenvalue weighted by Gasteiger charge is 2.20. The van der Waals surface area contributed by atoms with E-state index in [0.29, 0.717) is 22.4 Å². The van der Waals surface area contributed by atoms with Gasteiger partial charge >= 0.3 is 5.97 Å². The third-order valence-corrected chi connectivity index (χ3v) is 4.83. The number of furan rings is 1. The summed E-state index contributed by atoms with van der Waals surface area (Å²) in [6.07, 6.45) is 0.582. The molecule has 1 atom stereocenters. The van der Waals surface area contributed by atoms with Gasteiger partial charge in [0.15, 0.2) is 6.10 Å². The molecular weight excluding hydrogens is 380 g/mol. The number of anilines is 1. The molecular formula is C24H18N2O4. The Labute approximate surface area is 172 Å². The largest absolute Gasteiger partial charge is 0.464 e. The lowest BCUT2D eigenvalue weighted by atomic mass is 10.0. The molecule has 0 spiro atoms. The summed E-state index contributed by atoms with van der Waals surface area (Å²) in [4.78, 5) is 24.8. The van der Waals surface area contributed by atoms with Gasteiger partial charge in [0, 0.05) is 16.6 Å². The van der Waals surface area contributed by atoms with Crippen molar-refractivity contribution in [2.24, 2.45) is 0 Å². The molecule has 0 aliphatic rings. The number of nitrogens with zero attached hydrogens (tertiary/aromatic N) is 1. The van der Waals surface area contributed by atoms with E-state index in [1.165, 1.54) is 6.92 Å². The number of nitriles is 1. The monoisotopic (exact) mass is 398 g/mol. The second-order valence-electron chi connectivity index (χ2n) is 6.91. The van der Waals surface area contributed by atoms with Crippen LogP contribution in [0.2, 0.25) is 0 Å². The lowest BCUT2D eigenvalue weighted by Crippen LogP contribution is -2.30. The quantitative estimate of drug-likeness (QED) is 0.497. The molecule has 0 unspecified atom stereocenters. The fourth-order valence-electron chi connectivity index (χ4n) is 3.32. The molecule has 0 aliphatic heterocycles. The average Bonchev–Trinajstić information content (AvgIpc) is 3.17. The molecule has 6 nitrogen and oxygen atoms in total. The van der Waals surface area contributed by atoms with Gasteiger partial charge in [-0.15, -0.1) is 0 Å². The molecule has 0 fully saturated rings. The number of ether oxygens (including phenoxy) is 1. The highest BCUT2D eigenvalue weighted by atomic mass is 16.5. The van der Waals surface area contributed by atoms with Crippen molar-refractivity contribution in [3.05, 3.63) is 78.1 Å². The Kier molecular flexibility index (Phi) is 5.19. The number of amides is 1. The zero-order valence-corrected chi connectivity index (χ0v) is 16.2. The Balaban J connectivity index is 1.44. The number of nitrogens with one attached hydrogen (secondary N) is 1. The zero-order chi connectivity index (χ0) is 21.1. The Morgan fingerprint density at radius 3 is 2.63 bits per heavy atom. The first-order valence-electron chi connectivity index (χ1n) is 9.43. The summed E-state index contributed by atoms with van der Waals surface area (Å²) in [5.41, 5.74) is 2.43. The van der Waals surface area contributed by atoms with E-state index in [-0.39, 0.29) is 6.42 Å². The van der Waals surface area contributed by atoms with Crippen LogP contribution in [-0.4, -0.2) is 18.0 Å². The van der Waals surface area contributed by atoms with Gasteiger partial charge in [-0.2, -0.15) is 5.26 Å². The number of carbonyl (C=O) groups excluding carboxylic acids is 2. The number of hydrogen-bond acceptors (Lipinski definition) is 5. The Hall–Kier alpha value is -4.11. The molecule has 0 aliphatic carbocycles. The first kappa shape index (κ1) is 19.2. The van der Waals surface area contributed by atoms with Crippen LogP contribution in [0.3, 0.4) is 0 Å². The van der Waals surface area contributed by atoms with Crippen LogP contribution in [0.15, 0.2) is 71.3 Å². The predicted molar refractivity (Wildman–Crippen MR) is 113 cm³/mol. The maximum absolute atomic E-state index is 12.5. The molecule has 3 aromatic carbocycles. The molecule has 1 amide bonds. The molecule has 4 aromatic rings. The van der Waals surface area contributed by atoms with E-state index in [4.69, 9.17) is 14.4 Å². The molecule has 1 N–H and O–H groups in total. The standard InChI is InChI=1S/C24H18N2O4/c1-15(24(28)26-19-9-6-16(13-25)7-10-19)30-22(27)12-18-14-29-21-11-8-17-4-2-3-5-20(17)23(18)21/h2-11,14-15H,12H2,1H3,(H,26,28)/t15-/m1/s1. The lowest BCUT2D eigenvalue weighted by molar-refractivity contribution is -0.152. The van der Waals surface area contributed by atoms with Crippen molar-refractivity contribution in [1.29, 1.82) is 5.26 Å². The van der Waals surface area contributed by atoms with Crippen LogP contribution in [0.5, 0.6) is 0 Å². The van der Waals surface area contributed by atoms with E-state index in [1.807, 2.05) is 42.5 Å². The van der Waals surface area contributed by atoms with E-state index in [9.17, 15) is 9.59 Å². The van der Waals surface area contributed by atoms with E-state index in [2.05, 4.69) is 5.32 Å². The van der Waals surface area contributed by atoms with Gasteiger partial charge in [-0.1, -0.05) is 30.3 Å². The number of hydrogen-bond donors (Lipinski definition) is 1. The van der Waals surface area contributed by atoms with Gasteiger partial charge in [0.2, 0.25) is 0 Å². The Morgan fingerprint density at radius 2 is 1.87 bits per heavy atom. The number of esters is 1. The zero-order valence-electron chi connectivity index (χ0n) is 16.2. The highest BCUT2D eigenvalue weighted by Crippen LogP contribution is 2.30. The summed E-state index contributed by atoms with van der Waals surface area (Å²) >= 11 is 0. The van der Waals surface area contributed by atoms with Crippen LogP contribution < -0.4 is 5.32 Å². The fourth-order valence-corrected chi connectivity index (χ4v) is 3.32. The van der Waals surface area contributed by atoms with Crippen molar-refractivity contribution in [2.75, 3.05) is 5.32 Å². The smallest absolute Gasteiger partial charge is 0.311 e. The second-order valence-corrected chi connectivity index (χ2v) is 6.91. The Bertz CT molecular complexity index is 1280. The van der Waals surface area contributed by atoms with E-state index in [0.717, 1.165) is 16.2 Å². The van der Waals surface area contributed by atoms with Crippen molar-refractivity contribution in [3.8, 4) is 6.07 Å². The van der Waals surface area contributed by atoms with Gasteiger partial charge in [-0.05, 0) is 48.0 Å². The minimum atomic E-state index is -0.969. The van der Waals surface area contributed by atoms with Crippen molar-refractivity contribution >= 4 is 39.3 Å². The van der Waals surface area contributed by atoms with Crippen LogP contribution in [-0.2, 0) is 20.7 Å². The van der Waals surface area contributed by atoms with Gasteiger partial charge < -0.3 is 14.5 Å². The fraction of sp³-hybridized carbons (Fsp3) is 0.125. The minimum Gasteiger partial charge on any atom is -0.464 e. The van der Waals surface area contributed by atoms with Crippen LogP contribution in [0.4, 0.5) is 5.69 Å². The average molecular weight is 398 g/mol. The summed E-state index contributed by atoms with van der Waals surface area (Å²) in [7, 11) is 0. The highest BCUT2D eigenvalue weighted by molar-refractivity contribution is 6.08. The van der Waals surface area contributed by atoms with Crippen LogP contribution in [0, 0.1) is 11.3 Å². The first-order chi connectivity index (χ1) is 14.5. The molecule has 0 saturated heterocycles. The third kappa shape index (κ3) is 3.87. The van der Waals surface area contributed by atoms with Crippen LogP contribution in [0.1, 0.15) is 18.1 Å². The molecule has 0 radical (unpaired) electrons. The molecule has 6 heteroatoms. The molecule has 1 heterocycles. The summed E-state index contributed by atoms with van der Waals surface area (Å²) < 4.78 is 10.9. The number of carbonyl (C=O) groups is 2. The van der Waals surface area contributed by atoms with Crippen LogP contribution in [0.25, 0.3) is 21.7 Å². The number of benzene rings is 3. The number of rotatable bonds is 5. The normalized spacial score (nSPS) is 11.7. The second kappa shape index (κ2) is 8.10. The van der Waals surface area contributed by atoms with E-state index in [1.54, 1.807) is 30.5 Å². The maximum Gasteiger partial charge on any atom is 0.311 e. The van der Waals surface area contributed by atoms with Crippen LogP contribution >= 0.6 is 0 Å². The van der Waals surface area contributed by atoms with Crippen molar-refractivity contribution in [3.63, 3.8) is 0 Å². The molecule has 0 bridgehead atoms. The summed E-state index contributed by atoms with van der Waals surface area (Å²) in [5.74, 6) is -0.969. The minimum absolute atomic E-state index is 0.00447. The van der Waals surface area contributed by atoms with Gasteiger partial charge in [-0.25, -0.2) is 0 Å². The molecule has 1 aromatic heterocycles. The van der Waals surface area contributed by atoms with Gasteiger partial charge in [0.1, 0.15) is 5.58 Å². The predicted octanol–water partition coefficient (Wildman–Crippen LogP) is 4.57. The summed E-state index contributed by atoms with van der Waals surface area (Å²) in [6, 6.07) is 20.2. The molecule has 148 valence electrons. The summed E-state index contributed by atoms with van der Waals surface area (Å²) in [6.45, 7) is 1.51. The topological polar surface area (TPSA) is 92.3 Å². The van der Waals surface area contributed by atoms with Crippen molar-refractivity contribution in [2.45, 2.75) is 19.4 Å². The van der Waals surface area contributed by atoms with Gasteiger partial charge in [-0.3, -0.25) is 9.59 Å². The summed E-state index contributed by atoms with van der Waals surface area (Å²) in [5, 5.41) is 14.4. The Morgan fingerprint density at radius 1 is 1.10 bits per heavy atom. The van der Waals surface area contributed by atoms with Crippen molar-refractivity contribution < 1.29 is 18.7 Å². The maximum atomic E-state index is 12.5. The lowest BCUT2D eigenvalue weighted by Gasteiger charge is -2.13. The van der Waals surface area contributed by atoms with Gasteiger partial charge in [0.25, 0.3) is 5.91 Å².